The van der Waals surface area contributed by atoms with Crippen LogP contribution in [0, 0.1) is 12.3 Å². The van der Waals surface area contributed by atoms with E-state index in [0.717, 1.165) is 58.5 Å². The molecule has 2 atom stereocenters. The van der Waals surface area contributed by atoms with Gasteiger partial charge < -0.3 is 10.2 Å². The van der Waals surface area contributed by atoms with E-state index in [0.29, 0.717) is 0 Å². The van der Waals surface area contributed by atoms with Crippen molar-refractivity contribution in [2.75, 3.05) is 11.9 Å². The van der Waals surface area contributed by atoms with Gasteiger partial charge in [0.1, 0.15) is 7.05 Å². The van der Waals surface area contributed by atoms with E-state index in [1.807, 2.05) is 64.3 Å². The fourth-order valence-electron chi connectivity index (χ4n) is 8.24. The van der Waals surface area contributed by atoms with Crippen molar-refractivity contribution in [3.05, 3.63) is 246 Å². The smallest absolute Gasteiger partial charge is 0.213 e. The highest BCUT2D eigenvalue weighted by Crippen LogP contribution is 2.50. The van der Waals surface area contributed by atoms with Crippen molar-refractivity contribution in [2.24, 2.45) is 7.05 Å². The number of para-hydroxylation sites is 1. The van der Waals surface area contributed by atoms with E-state index in [-0.39, 0.29) is 12.0 Å². The first-order valence-electron chi connectivity index (χ1n) is 21.6. The Morgan fingerprint density at radius 1 is 0.919 bits per heavy atom. The van der Waals surface area contributed by atoms with Gasteiger partial charge in [0.05, 0.1) is 6.04 Å². The Kier molecular flexibility index (Phi) is 15.7. The third-order valence-electron chi connectivity index (χ3n) is 11.4. The number of nitrogens with zero attached hydrogens (tertiary/aromatic N) is 2. The van der Waals surface area contributed by atoms with Gasteiger partial charge in [-0.3, -0.25) is 0 Å². The minimum absolute atomic E-state index is 0.0889. The zero-order chi connectivity index (χ0) is 43.8. The number of terminal acetylenes is 1. The molecular formula is C59H60N3+. The maximum atomic E-state index is 5.62. The maximum Gasteiger partial charge on any atom is 0.213 e. The molecule has 0 saturated heterocycles. The lowest BCUT2D eigenvalue weighted by Gasteiger charge is -2.29. The quantitative estimate of drug-likeness (QED) is 0.0883. The molecule has 3 aromatic rings. The molecule has 3 aliphatic rings. The number of aromatic nitrogens is 1. The summed E-state index contributed by atoms with van der Waals surface area (Å²) in [5.41, 5.74) is 15.8. The van der Waals surface area contributed by atoms with Crippen LogP contribution < -0.4 is 14.8 Å². The molecule has 1 aliphatic heterocycles. The van der Waals surface area contributed by atoms with Crippen LogP contribution >= 0.6 is 0 Å². The molecule has 3 heteroatoms. The van der Waals surface area contributed by atoms with Crippen LogP contribution in [-0.2, 0) is 7.05 Å². The largest absolute Gasteiger partial charge is 0.391 e. The molecule has 2 heterocycles. The van der Waals surface area contributed by atoms with Crippen molar-refractivity contribution in [1.29, 1.82) is 0 Å². The van der Waals surface area contributed by atoms with E-state index in [4.69, 9.17) is 6.42 Å². The van der Waals surface area contributed by atoms with Crippen LogP contribution in [-0.4, -0.2) is 13.1 Å². The van der Waals surface area contributed by atoms with Gasteiger partial charge >= 0.3 is 0 Å². The number of anilines is 2. The normalized spacial score (nSPS) is 18.2. The second kappa shape index (κ2) is 21.9. The first-order chi connectivity index (χ1) is 30.3. The van der Waals surface area contributed by atoms with Gasteiger partial charge in [0, 0.05) is 59.7 Å². The second-order valence-electron chi connectivity index (χ2n) is 15.4. The fraction of sp³-hybridized carbons (Fsp3) is 0.169. The third-order valence-corrected chi connectivity index (χ3v) is 11.4. The summed E-state index contributed by atoms with van der Waals surface area (Å²) in [6.45, 7) is 14.8. The number of hydrogen-bond acceptors (Lipinski definition) is 2. The number of pyridine rings is 1. The lowest BCUT2D eigenvalue weighted by Crippen LogP contribution is -2.38. The molecule has 0 saturated carbocycles. The van der Waals surface area contributed by atoms with E-state index in [1.165, 1.54) is 39.3 Å². The van der Waals surface area contributed by atoms with E-state index < -0.39 is 0 Å². The van der Waals surface area contributed by atoms with E-state index in [2.05, 4.69) is 187 Å². The molecule has 2 unspecified atom stereocenters. The number of allylic oxidation sites excluding steroid dienone is 25. The van der Waals surface area contributed by atoms with Crippen molar-refractivity contribution >= 4 is 33.7 Å². The van der Waals surface area contributed by atoms with Crippen LogP contribution in [0.2, 0.25) is 0 Å². The van der Waals surface area contributed by atoms with E-state index in [1.54, 1.807) is 6.08 Å². The molecule has 6 rings (SSSR count). The van der Waals surface area contributed by atoms with Gasteiger partial charge in [0.15, 0.2) is 0 Å². The predicted octanol–water partition coefficient (Wildman–Crippen LogP) is 13.9. The minimum atomic E-state index is 0.0889. The van der Waals surface area contributed by atoms with Crippen LogP contribution in [0.25, 0.3) is 22.3 Å². The average Bonchev–Trinajstić information content (AvgIpc) is 3.63. The van der Waals surface area contributed by atoms with Crippen LogP contribution in [0.1, 0.15) is 74.0 Å². The topological polar surface area (TPSA) is 19.1 Å². The Balaban J connectivity index is 1.52. The van der Waals surface area contributed by atoms with Crippen LogP contribution in [0.3, 0.4) is 0 Å². The van der Waals surface area contributed by atoms with Gasteiger partial charge in [0.2, 0.25) is 11.4 Å². The van der Waals surface area contributed by atoms with Gasteiger partial charge in [-0.1, -0.05) is 141 Å². The highest BCUT2D eigenvalue weighted by atomic mass is 15.2. The summed E-state index contributed by atoms with van der Waals surface area (Å²) in [6, 6.07) is 22.5. The standard InChI is InChI=1S/C59H60N3/c1-9-14-17-18-19-24-31-52(60-7)39-50(38-44(6)45(12-4)27-15-10-2)48-34-36-56-54(40-48)55-41-49(35-37-57(55)62(56)53-32-25-21-26-33-53)51-42-58(46(13-5)28-16-11-3)61(8)59(43-51)47-29-22-20-23-30-47/h2,9,11-19,21-22,24-30,32-43,55,57,60H,5-6,20,23,31H2,1,3-4,7-8H3/q+1. The third kappa shape index (κ3) is 10.4. The zero-order valence-corrected chi connectivity index (χ0v) is 37.1. The molecule has 0 amide bonds. The van der Waals surface area contributed by atoms with Crippen LogP contribution in [0.15, 0.2) is 218 Å². The average molecular weight is 811 g/mol. The summed E-state index contributed by atoms with van der Waals surface area (Å²) in [7, 11) is 4.14. The Hall–Kier alpha value is -7.15. The van der Waals surface area contributed by atoms with Gasteiger partial charge in [0.25, 0.3) is 0 Å². The Morgan fingerprint density at radius 2 is 1.73 bits per heavy atom. The zero-order valence-electron chi connectivity index (χ0n) is 37.1. The molecule has 0 spiro atoms. The first kappa shape index (κ1) is 44.4. The first-order valence-corrected chi connectivity index (χ1v) is 21.6. The van der Waals surface area contributed by atoms with Crippen molar-refractivity contribution in [1.82, 2.24) is 5.32 Å². The van der Waals surface area contributed by atoms with Crippen molar-refractivity contribution in [3.63, 3.8) is 0 Å². The summed E-state index contributed by atoms with van der Waals surface area (Å²) in [5, 5.41) is 3.46. The minimum Gasteiger partial charge on any atom is -0.391 e. The number of rotatable bonds is 16. The summed E-state index contributed by atoms with van der Waals surface area (Å²) >= 11 is 0. The summed E-state index contributed by atoms with van der Waals surface area (Å²) in [6.07, 6.45) is 53.3. The molecule has 2 aliphatic carbocycles. The molecule has 0 fully saturated rings. The highest BCUT2D eigenvalue weighted by Gasteiger charge is 2.39. The summed E-state index contributed by atoms with van der Waals surface area (Å²) < 4.78 is 2.30. The van der Waals surface area contributed by atoms with Gasteiger partial charge in [-0.2, -0.15) is 4.57 Å². The maximum absolute atomic E-state index is 5.62. The van der Waals surface area contributed by atoms with E-state index >= 15 is 0 Å². The molecule has 310 valence electrons. The molecule has 3 nitrogen and oxygen atoms in total. The SMILES string of the molecule is C#CC=CC(=CC)C(=C)C=C(C=C(CC=CC=CC=CC)NC)c1ccc2c(c1)C1C=C(c3cc(C(C=C)=CC=CC)[n+](C)c(C4=CCCC=C4)c3)C=CC1N2c1ccccc1. The molecular weight excluding hydrogens is 751 g/mol. The Bertz CT molecular complexity index is 2610. The number of benzene rings is 2. The number of fused-ring (bicyclic) bond motifs is 3. The summed E-state index contributed by atoms with van der Waals surface area (Å²) in [5.74, 6) is 2.72. The Labute approximate surface area is 371 Å². The fourth-order valence-corrected chi connectivity index (χ4v) is 8.24. The lowest BCUT2D eigenvalue weighted by atomic mass is 9.84. The summed E-state index contributed by atoms with van der Waals surface area (Å²) in [4.78, 5) is 2.49. The molecule has 62 heavy (non-hydrogen) atoms. The van der Waals surface area contributed by atoms with Gasteiger partial charge in [-0.15, -0.1) is 6.42 Å². The van der Waals surface area contributed by atoms with Gasteiger partial charge in [-0.25, -0.2) is 0 Å². The monoisotopic (exact) mass is 810 g/mol. The van der Waals surface area contributed by atoms with Crippen LogP contribution in [0.4, 0.5) is 11.4 Å². The molecule has 0 bridgehead atoms. The molecule has 2 aromatic carbocycles. The van der Waals surface area contributed by atoms with Crippen molar-refractivity contribution < 1.29 is 4.57 Å². The van der Waals surface area contributed by atoms with Gasteiger partial charge in [-0.05, 0) is 127 Å². The molecule has 1 aromatic heterocycles. The predicted molar refractivity (Wildman–Crippen MR) is 269 cm³/mol. The van der Waals surface area contributed by atoms with E-state index in [9.17, 15) is 0 Å². The Morgan fingerprint density at radius 3 is 2.44 bits per heavy atom. The number of nitrogens with one attached hydrogen (secondary N) is 1. The molecule has 1 N–H and O–H groups in total. The highest BCUT2D eigenvalue weighted by molar-refractivity contribution is 5.87. The number of hydrogen-bond donors (Lipinski definition) is 1. The van der Waals surface area contributed by atoms with Crippen molar-refractivity contribution in [2.45, 2.75) is 52.0 Å². The lowest BCUT2D eigenvalue weighted by molar-refractivity contribution is -0.675. The molecule has 0 radical (unpaired) electrons. The van der Waals surface area contributed by atoms with Crippen LogP contribution in [0.5, 0.6) is 0 Å². The van der Waals surface area contributed by atoms with Crippen molar-refractivity contribution in [3.8, 4) is 12.3 Å². The second-order valence-corrected chi connectivity index (χ2v) is 15.4.